The molecule has 0 radical (unpaired) electrons. The van der Waals surface area contributed by atoms with E-state index >= 15 is 0 Å². The maximum absolute atomic E-state index is 12.3. The van der Waals surface area contributed by atoms with Crippen LogP contribution in [0.3, 0.4) is 0 Å². The summed E-state index contributed by atoms with van der Waals surface area (Å²) in [7, 11) is 0. The average molecular weight is 515 g/mol. The Labute approximate surface area is 228 Å². The molecule has 5 aromatic carbocycles. The first-order valence-corrected chi connectivity index (χ1v) is 12.9. The van der Waals surface area contributed by atoms with Crippen molar-refractivity contribution < 1.29 is 19.4 Å². The van der Waals surface area contributed by atoms with Gasteiger partial charge in [0.25, 0.3) is 0 Å². The molecule has 1 aliphatic rings. The van der Waals surface area contributed by atoms with Crippen LogP contribution in [0.2, 0.25) is 0 Å². The van der Waals surface area contributed by atoms with E-state index < -0.39 is 0 Å². The molecule has 0 aromatic heterocycles. The van der Waals surface area contributed by atoms with E-state index in [4.69, 9.17) is 14.6 Å². The van der Waals surface area contributed by atoms with Crippen molar-refractivity contribution in [2.24, 2.45) is 0 Å². The van der Waals surface area contributed by atoms with Crippen LogP contribution < -0.4 is 4.74 Å². The fourth-order valence-corrected chi connectivity index (χ4v) is 4.80. The second-order valence-electron chi connectivity index (χ2n) is 9.50. The van der Waals surface area contributed by atoms with Gasteiger partial charge in [0.2, 0.25) is 0 Å². The number of carbonyl (C=O) groups excluding carboxylic acids is 1. The lowest BCUT2D eigenvalue weighted by Gasteiger charge is -2.18. The standard InChI is InChI=1S/C24H20O3.C11H10O/c1-16-12-17(2)27-23-13-18(10-11-21(16)23)14-24(25)26-15-20-8-5-7-19-6-3-4-9-22(19)20;12-8-10-6-3-5-9-4-1-2-7-11(9)10/h3-13H,2,14-15H2,1H3;1-7,12H,8H2. The third-order valence-corrected chi connectivity index (χ3v) is 6.76. The minimum atomic E-state index is -0.259. The molecule has 0 unspecified atom stereocenters. The Kier molecular flexibility index (Phi) is 7.86. The SMILES string of the molecule is C=C1C=C(C)c2ccc(CC(=O)OCc3cccc4ccccc34)cc2O1.OCc1cccc2ccccc12. The van der Waals surface area contributed by atoms with Crippen LogP contribution in [-0.2, 0) is 29.2 Å². The number of carbonyl (C=O) groups is 1. The molecule has 0 aliphatic carbocycles. The van der Waals surface area contributed by atoms with Crippen LogP contribution in [0.5, 0.6) is 5.75 Å². The molecule has 1 aliphatic heterocycles. The molecule has 4 heteroatoms. The summed E-state index contributed by atoms with van der Waals surface area (Å²) in [6, 6.07) is 33.9. The molecule has 0 saturated heterocycles. The number of benzene rings is 5. The first-order valence-electron chi connectivity index (χ1n) is 12.9. The van der Waals surface area contributed by atoms with Crippen LogP contribution in [0.1, 0.15) is 29.2 Å². The normalized spacial score (nSPS) is 12.2. The van der Waals surface area contributed by atoms with E-state index in [1.807, 2.05) is 91.9 Å². The number of rotatable bonds is 5. The van der Waals surface area contributed by atoms with Crippen molar-refractivity contribution >= 4 is 33.1 Å². The smallest absolute Gasteiger partial charge is 0.310 e. The summed E-state index contributed by atoms with van der Waals surface area (Å²) in [5, 5.41) is 13.6. The number of allylic oxidation sites excluding steroid dienone is 2. The van der Waals surface area contributed by atoms with E-state index in [0.29, 0.717) is 5.76 Å². The maximum atomic E-state index is 12.3. The minimum Gasteiger partial charge on any atom is -0.461 e. The van der Waals surface area contributed by atoms with Crippen LogP contribution in [0.15, 0.2) is 122 Å². The second kappa shape index (κ2) is 11.8. The Balaban J connectivity index is 0.000000214. The fourth-order valence-electron chi connectivity index (χ4n) is 4.80. The van der Waals surface area contributed by atoms with E-state index in [9.17, 15) is 4.79 Å². The second-order valence-corrected chi connectivity index (χ2v) is 9.50. The number of hydrogen-bond acceptors (Lipinski definition) is 4. The molecule has 39 heavy (non-hydrogen) atoms. The van der Waals surface area contributed by atoms with E-state index in [1.165, 1.54) is 5.39 Å². The molecular weight excluding hydrogens is 484 g/mol. The van der Waals surface area contributed by atoms with E-state index in [1.54, 1.807) is 0 Å². The quantitative estimate of drug-likeness (QED) is 0.244. The van der Waals surface area contributed by atoms with Crippen molar-refractivity contribution in [3.05, 3.63) is 144 Å². The number of esters is 1. The molecule has 4 nitrogen and oxygen atoms in total. The van der Waals surface area contributed by atoms with E-state index in [2.05, 4.69) is 30.8 Å². The Bertz CT molecular complexity index is 1690. The van der Waals surface area contributed by atoms with E-state index in [0.717, 1.165) is 49.7 Å². The van der Waals surface area contributed by atoms with Crippen molar-refractivity contribution in [1.82, 2.24) is 0 Å². The monoisotopic (exact) mass is 514 g/mol. The lowest BCUT2D eigenvalue weighted by molar-refractivity contribution is -0.144. The molecular formula is C35H30O4. The summed E-state index contributed by atoms with van der Waals surface area (Å²) in [6.07, 6.45) is 2.11. The molecule has 0 saturated carbocycles. The zero-order valence-electron chi connectivity index (χ0n) is 21.9. The molecule has 6 rings (SSSR count). The van der Waals surface area contributed by atoms with Crippen molar-refractivity contribution in [2.75, 3.05) is 0 Å². The largest absolute Gasteiger partial charge is 0.461 e. The van der Waals surface area contributed by atoms with Crippen molar-refractivity contribution in [3.63, 3.8) is 0 Å². The summed E-state index contributed by atoms with van der Waals surface area (Å²) in [5.74, 6) is 1.08. The summed E-state index contributed by atoms with van der Waals surface area (Å²) in [6.45, 7) is 6.25. The highest BCUT2D eigenvalue weighted by Crippen LogP contribution is 2.33. The van der Waals surface area contributed by atoms with Gasteiger partial charge >= 0.3 is 5.97 Å². The average Bonchev–Trinajstić information content (AvgIpc) is 2.96. The van der Waals surface area contributed by atoms with Gasteiger partial charge in [0.05, 0.1) is 13.0 Å². The molecule has 0 fully saturated rings. The maximum Gasteiger partial charge on any atom is 0.310 e. The van der Waals surface area contributed by atoms with Crippen LogP contribution in [0.4, 0.5) is 0 Å². The molecule has 1 heterocycles. The lowest BCUT2D eigenvalue weighted by Crippen LogP contribution is -2.09. The van der Waals surface area contributed by atoms with Crippen molar-refractivity contribution in [2.45, 2.75) is 26.6 Å². The number of fused-ring (bicyclic) bond motifs is 3. The predicted octanol–water partition coefficient (Wildman–Crippen LogP) is 7.77. The Morgan fingerprint density at radius 2 is 1.44 bits per heavy atom. The fraction of sp³-hybridized carbons (Fsp3) is 0.114. The van der Waals surface area contributed by atoms with Gasteiger partial charge in [-0.1, -0.05) is 104 Å². The molecule has 0 amide bonds. The molecule has 0 spiro atoms. The minimum absolute atomic E-state index is 0.112. The number of hydrogen-bond donors (Lipinski definition) is 1. The van der Waals surface area contributed by atoms with Gasteiger partial charge in [-0.3, -0.25) is 4.79 Å². The number of ether oxygens (including phenoxy) is 2. The first kappa shape index (κ1) is 26.0. The van der Waals surface area contributed by atoms with Crippen molar-refractivity contribution in [1.29, 1.82) is 0 Å². The van der Waals surface area contributed by atoms with Crippen LogP contribution in [-0.4, -0.2) is 11.1 Å². The van der Waals surface area contributed by atoms with Crippen LogP contribution in [0, 0.1) is 0 Å². The molecule has 1 N–H and O–H groups in total. The van der Waals surface area contributed by atoms with Gasteiger partial charge in [0.15, 0.2) is 0 Å². The molecule has 194 valence electrons. The Morgan fingerprint density at radius 3 is 2.13 bits per heavy atom. The highest BCUT2D eigenvalue weighted by molar-refractivity contribution is 5.86. The van der Waals surface area contributed by atoms with Gasteiger partial charge < -0.3 is 14.6 Å². The highest BCUT2D eigenvalue weighted by Gasteiger charge is 2.15. The van der Waals surface area contributed by atoms with Gasteiger partial charge in [0, 0.05) is 5.56 Å². The van der Waals surface area contributed by atoms with Gasteiger partial charge in [-0.2, -0.15) is 0 Å². The molecule has 0 atom stereocenters. The van der Waals surface area contributed by atoms with Gasteiger partial charge in [-0.25, -0.2) is 0 Å². The van der Waals surface area contributed by atoms with Gasteiger partial charge in [-0.05, 0) is 62.9 Å². The number of aliphatic hydroxyl groups excluding tert-OH is 1. The van der Waals surface area contributed by atoms with E-state index in [-0.39, 0.29) is 25.6 Å². The summed E-state index contributed by atoms with van der Waals surface area (Å²) in [4.78, 5) is 12.3. The Morgan fingerprint density at radius 1 is 0.821 bits per heavy atom. The van der Waals surface area contributed by atoms with Crippen molar-refractivity contribution in [3.8, 4) is 5.75 Å². The molecule has 0 bridgehead atoms. The summed E-state index contributed by atoms with van der Waals surface area (Å²) < 4.78 is 11.2. The summed E-state index contributed by atoms with van der Waals surface area (Å²) in [5.41, 5.74) is 4.99. The lowest BCUT2D eigenvalue weighted by atomic mass is 10.0. The third-order valence-electron chi connectivity index (χ3n) is 6.76. The highest BCUT2D eigenvalue weighted by atomic mass is 16.5. The Hall–Kier alpha value is -4.67. The predicted molar refractivity (Wildman–Crippen MR) is 157 cm³/mol. The third kappa shape index (κ3) is 6.08. The van der Waals surface area contributed by atoms with Gasteiger partial charge in [-0.15, -0.1) is 0 Å². The topological polar surface area (TPSA) is 55.8 Å². The van der Waals surface area contributed by atoms with Crippen LogP contribution >= 0.6 is 0 Å². The van der Waals surface area contributed by atoms with Gasteiger partial charge in [0.1, 0.15) is 18.1 Å². The summed E-state index contributed by atoms with van der Waals surface area (Å²) >= 11 is 0. The first-order chi connectivity index (χ1) is 19.0. The number of aliphatic hydroxyl groups is 1. The molecule has 5 aromatic rings. The zero-order valence-corrected chi connectivity index (χ0v) is 21.9. The zero-order chi connectivity index (χ0) is 27.2. The van der Waals surface area contributed by atoms with Crippen LogP contribution in [0.25, 0.3) is 27.1 Å².